The Hall–Kier alpha value is -4.03. The highest BCUT2D eigenvalue weighted by molar-refractivity contribution is 7.76. The highest BCUT2D eigenvalue weighted by Gasteiger charge is 2.55. The maximum atomic E-state index is 2.44. The van der Waals surface area contributed by atoms with Crippen molar-refractivity contribution in [3.8, 4) is 0 Å². The monoisotopic (exact) mass is 546 g/mol. The molecule has 0 N–H and O–H groups in total. The number of hydrogen-bond donors (Lipinski definition) is 0. The van der Waals surface area contributed by atoms with Crippen molar-refractivity contribution in [1.82, 2.24) is 0 Å². The van der Waals surface area contributed by atoms with Crippen molar-refractivity contribution in [2.24, 2.45) is 0 Å². The van der Waals surface area contributed by atoms with Crippen LogP contribution in [0.2, 0.25) is 0 Å². The minimum absolute atomic E-state index is 1.31. The Morgan fingerprint density at radius 3 is 0.692 bits per heavy atom. The summed E-state index contributed by atoms with van der Waals surface area (Å²) in [5, 5.41) is 9.01. The molecule has 0 aromatic heterocycles. The first-order chi connectivity index (χ1) is 19.4. The number of hydrogen-bond acceptors (Lipinski definition) is 0. The molecule has 0 bridgehead atoms. The summed E-state index contributed by atoms with van der Waals surface area (Å²) in [7, 11) is -5.19. The quantitative estimate of drug-likeness (QED) is 0.253. The zero-order valence-electron chi connectivity index (χ0n) is 21.8. The van der Waals surface area contributed by atoms with Gasteiger partial charge in [0.1, 0.15) is 23.7 Å². The molecule has 39 heavy (non-hydrogen) atoms. The lowest BCUT2D eigenvalue weighted by molar-refractivity contribution is 1.71. The second-order valence-corrected chi connectivity index (χ2v) is 25.2. The molecular formula is C36H30Si3. The first-order valence-corrected chi connectivity index (χ1v) is 20.5. The third-order valence-corrected chi connectivity index (χ3v) is 30.9. The summed E-state index contributed by atoms with van der Waals surface area (Å²) in [4.78, 5) is 0. The first-order valence-electron chi connectivity index (χ1n) is 13.5. The highest BCUT2D eigenvalue weighted by atomic mass is 29.6. The predicted octanol–water partition coefficient (Wildman–Crippen LogP) is 4.02. The maximum Gasteiger partial charge on any atom is 0.121 e. The fourth-order valence-electron chi connectivity index (χ4n) is 5.86. The molecule has 0 saturated heterocycles. The van der Waals surface area contributed by atoms with Crippen molar-refractivity contribution < 1.29 is 0 Å². The summed E-state index contributed by atoms with van der Waals surface area (Å²) in [6.45, 7) is 0. The predicted molar refractivity (Wildman–Crippen MR) is 174 cm³/mol. The fourth-order valence-corrected chi connectivity index (χ4v) is 34.3. The second-order valence-electron chi connectivity index (χ2n) is 9.70. The Labute approximate surface area is 236 Å². The Morgan fingerprint density at radius 2 is 0.462 bits per heavy atom. The molecule has 0 fully saturated rings. The third kappa shape index (κ3) is 4.92. The molecule has 0 saturated carbocycles. The van der Waals surface area contributed by atoms with Crippen LogP contribution in [0.5, 0.6) is 0 Å². The molecule has 6 rings (SSSR count). The van der Waals surface area contributed by atoms with E-state index < -0.39 is 23.7 Å². The fraction of sp³-hybridized carbons (Fsp3) is 0. The van der Waals surface area contributed by atoms with E-state index >= 15 is 0 Å². The van der Waals surface area contributed by atoms with Crippen molar-refractivity contribution in [2.45, 2.75) is 0 Å². The van der Waals surface area contributed by atoms with Gasteiger partial charge in [0, 0.05) is 0 Å². The zero-order valence-corrected chi connectivity index (χ0v) is 24.8. The summed E-state index contributed by atoms with van der Waals surface area (Å²) in [6.07, 6.45) is 0. The van der Waals surface area contributed by atoms with Gasteiger partial charge in [-0.2, -0.15) is 0 Å². The van der Waals surface area contributed by atoms with E-state index in [9.17, 15) is 0 Å². The molecule has 0 atom stereocenters. The smallest absolute Gasteiger partial charge is 0.0631 e. The molecule has 2 radical (unpaired) electrons. The van der Waals surface area contributed by atoms with Crippen molar-refractivity contribution in [3.05, 3.63) is 182 Å². The second kappa shape index (κ2) is 11.8. The molecule has 186 valence electrons. The van der Waals surface area contributed by atoms with Gasteiger partial charge in [-0.25, -0.2) is 0 Å². The van der Waals surface area contributed by atoms with Crippen LogP contribution in [-0.2, 0) is 0 Å². The molecule has 3 heteroatoms. The van der Waals surface area contributed by atoms with Crippen molar-refractivity contribution in [2.75, 3.05) is 0 Å². The van der Waals surface area contributed by atoms with E-state index in [1.807, 2.05) is 0 Å². The van der Waals surface area contributed by atoms with Crippen LogP contribution in [0.1, 0.15) is 0 Å². The van der Waals surface area contributed by atoms with Crippen LogP contribution in [0.15, 0.2) is 182 Å². The van der Waals surface area contributed by atoms with Crippen LogP contribution in [-0.4, -0.2) is 23.7 Å². The summed E-state index contributed by atoms with van der Waals surface area (Å²) in [5.74, 6) is 0. The molecule has 0 aliphatic rings. The number of benzene rings is 6. The molecule has 6 aromatic carbocycles. The van der Waals surface area contributed by atoms with Gasteiger partial charge in [-0.05, 0) is 0 Å². The zero-order chi connectivity index (χ0) is 26.3. The van der Waals surface area contributed by atoms with E-state index in [-0.39, 0.29) is 0 Å². The lowest BCUT2D eigenvalue weighted by atomic mass is 10.4. The molecule has 0 unspecified atom stereocenters. The highest BCUT2D eigenvalue weighted by Crippen LogP contribution is 2.17. The minimum atomic E-state index is -2.57. The largest absolute Gasteiger partial charge is 0.121 e. The van der Waals surface area contributed by atoms with Gasteiger partial charge in [0.2, 0.25) is 0 Å². The van der Waals surface area contributed by atoms with Crippen LogP contribution < -0.4 is 31.1 Å². The molecule has 0 spiro atoms. The van der Waals surface area contributed by atoms with Gasteiger partial charge in [-0.1, -0.05) is 213 Å². The summed E-state index contributed by atoms with van der Waals surface area (Å²) in [5.41, 5.74) is 0. The molecule has 0 nitrogen and oxygen atoms in total. The van der Waals surface area contributed by atoms with Gasteiger partial charge < -0.3 is 0 Å². The maximum absolute atomic E-state index is 2.57. The Kier molecular flexibility index (Phi) is 7.63. The molecule has 0 aliphatic heterocycles. The lowest BCUT2D eigenvalue weighted by Crippen LogP contribution is -2.87. The van der Waals surface area contributed by atoms with Gasteiger partial charge >= 0.3 is 0 Å². The van der Waals surface area contributed by atoms with Crippen molar-refractivity contribution >= 4 is 54.9 Å². The van der Waals surface area contributed by atoms with E-state index in [0.29, 0.717) is 0 Å². The average molecular weight is 547 g/mol. The van der Waals surface area contributed by atoms with Gasteiger partial charge in [0.05, 0.1) is 0 Å². The molecular weight excluding hydrogens is 517 g/mol. The van der Waals surface area contributed by atoms with Crippen LogP contribution in [0.4, 0.5) is 0 Å². The van der Waals surface area contributed by atoms with E-state index in [2.05, 4.69) is 182 Å². The summed E-state index contributed by atoms with van der Waals surface area (Å²) >= 11 is 0. The van der Waals surface area contributed by atoms with E-state index in [1.54, 1.807) is 0 Å². The third-order valence-electron chi connectivity index (χ3n) is 7.41. The SMILES string of the molecule is c1ccc([Si](c2ccccc2)[Si](c2ccccc2)(c2ccccc2)[Si](c2ccccc2)c2ccccc2)cc1. The molecule has 6 aromatic rings. The first kappa shape index (κ1) is 25.3. The minimum Gasteiger partial charge on any atom is -0.0631 e. The molecule has 0 aliphatic carbocycles. The topological polar surface area (TPSA) is 0 Å². The molecule has 0 heterocycles. The van der Waals surface area contributed by atoms with Crippen LogP contribution in [0, 0.1) is 0 Å². The van der Waals surface area contributed by atoms with Gasteiger partial charge in [-0.3, -0.25) is 0 Å². The normalized spacial score (nSPS) is 11.5. The van der Waals surface area contributed by atoms with Crippen LogP contribution in [0.25, 0.3) is 0 Å². The Balaban J connectivity index is 1.82. The van der Waals surface area contributed by atoms with Crippen LogP contribution in [0.3, 0.4) is 0 Å². The average Bonchev–Trinajstić information content (AvgIpc) is 3.03. The van der Waals surface area contributed by atoms with Crippen molar-refractivity contribution in [1.29, 1.82) is 0 Å². The Bertz CT molecular complexity index is 1370. The lowest BCUT2D eigenvalue weighted by Gasteiger charge is -2.45. The Morgan fingerprint density at radius 1 is 0.256 bits per heavy atom. The summed E-state index contributed by atoms with van der Waals surface area (Å²) in [6, 6.07) is 68.7. The summed E-state index contributed by atoms with van der Waals surface area (Å²) < 4.78 is 0. The number of rotatable bonds is 8. The van der Waals surface area contributed by atoms with Crippen LogP contribution >= 0.6 is 0 Å². The van der Waals surface area contributed by atoms with Gasteiger partial charge in [-0.15, -0.1) is 0 Å². The van der Waals surface area contributed by atoms with E-state index in [4.69, 9.17) is 0 Å². The standard InChI is InChI=1S/C36H30Si3/c1-7-19-31(20-8-1)37(32-21-9-2-10-22-32)39(35-27-15-5-16-28-35,36-29-17-6-18-30-36)38(33-23-11-3-12-24-33)34-25-13-4-14-26-34/h1-30H. The van der Waals surface area contributed by atoms with Crippen molar-refractivity contribution in [3.63, 3.8) is 0 Å². The van der Waals surface area contributed by atoms with E-state index in [0.717, 1.165) is 0 Å². The van der Waals surface area contributed by atoms with E-state index in [1.165, 1.54) is 31.1 Å². The van der Waals surface area contributed by atoms with Gasteiger partial charge in [0.15, 0.2) is 0 Å². The molecule has 0 amide bonds. The van der Waals surface area contributed by atoms with Gasteiger partial charge in [0.25, 0.3) is 0 Å².